The minimum absolute atomic E-state index is 0.0373. The molecule has 0 spiro atoms. The van der Waals surface area contributed by atoms with Crippen LogP contribution in [-0.2, 0) is 6.42 Å². The lowest BCUT2D eigenvalue weighted by Gasteiger charge is -2.10. The van der Waals surface area contributed by atoms with Crippen LogP contribution >= 0.6 is 0 Å². The number of aromatic nitrogens is 2. The minimum atomic E-state index is -1.06. The average Bonchev–Trinajstić information content (AvgIpc) is 2.36. The number of aromatic carboxylic acids is 1. The Morgan fingerprint density at radius 2 is 2.21 bits per heavy atom. The summed E-state index contributed by atoms with van der Waals surface area (Å²) < 4.78 is 0. The molecule has 0 aliphatic rings. The van der Waals surface area contributed by atoms with E-state index in [1.807, 2.05) is 6.92 Å². The monoisotopic (exact) mass is 259 g/mol. The van der Waals surface area contributed by atoms with E-state index >= 15 is 0 Å². The molecule has 6 heteroatoms. The molecule has 1 heterocycles. The molecule has 0 saturated heterocycles. The van der Waals surface area contributed by atoms with E-state index in [2.05, 4.69) is 9.97 Å². The van der Waals surface area contributed by atoms with E-state index in [-0.39, 0.29) is 17.2 Å². The van der Waals surface area contributed by atoms with E-state index in [0.717, 1.165) is 5.56 Å². The number of nitrogens with zero attached hydrogens (tertiary/aromatic N) is 1. The van der Waals surface area contributed by atoms with Crippen LogP contribution in [0, 0.1) is 0 Å². The smallest absolute Gasteiger partial charge is 0.336 e. The number of nitrogens with two attached hydrogens (primary N) is 1. The van der Waals surface area contributed by atoms with E-state index in [1.165, 1.54) is 12.1 Å². The zero-order valence-electron chi connectivity index (χ0n) is 10.3. The molecule has 0 atom stereocenters. The molecule has 0 amide bonds. The lowest BCUT2D eigenvalue weighted by molar-refractivity contribution is 0.0697. The van der Waals surface area contributed by atoms with Crippen LogP contribution in [0.5, 0.6) is 0 Å². The van der Waals surface area contributed by atoms with Gasteiger partial charge >= 0.3 is 5.97 Å². The molecule has 0 saturated carbocycles. The van der Waals surface area contributed by atoms with Gasteiger partial charge in [-0.1, -0.05) is 19.1 Å². The Labute approximate surface area is 108 Å². The summed E-state index contributed by atoms with van der Waals surface area (Å²) in [6.07, 6.45) is 0.630. The van der Waals surface area contributed by atoms with Crippen molar-refractivity contribution in [3.63, 3.8) is 0 Å². The van der Waals surface area contributed by atoms with Gasteiger partial charge in [-0.25, -0.2) is 9.78 Å². The Kier molecular flexibility index (Phi) is 3.33. The molecule has 1 aromatic heterocycles. The first-order valence-corrected chi connectivity index (χ1v) is 5.75. The number of nitrogens with one attached hydrogen (secondary N) is 1. The third kappa shape index (κ3) is 2.47. The van der Waals surface area contributed by atoms with E-state index < -0.39 is 11.5 Å². The van der Waals surface area contributed by atoms with Crippen LogP contribution in [0.25, 0.3) is 11.3 Å². The van der Waals surface area contributed by atoms with Gasteiger partial charge in [0, 0.05) is 11.6 Å². The van der Waals surface area contributed by atoms with Gasteiger partial charge in [-0.3, -0.25) is 9.78 Å². The van der Waals surface area contributed by atoms with Gasteiger partial charge in [0.05, 0.1) is 11.3 Å². The lowest BCUT2D eigenvalue weighted by atomic mass is 9.96. The number of carboxylic acids is 1. The van der Waals surface area contributed by atoms with E-state index in [1.54, 1.807) is 12.1 Å². The Balaban J connectivity index is 2.79. The summed E-state index contributed by atoms with van der Waals surface area (Å²) in [6, 6.07) is 6.20. The Bertz CT molecular complexity index is 692. The Hall–Kier alpha value is -2.63. The molecule has 2 rings (SSSR count). The number of hydrogen-bond donors (Lipinski definition) is 3. The summed E-state index contributed by atoms with van der Waals surface area (Å²) in [4.78, 5) is 29.1. The summed E-state index contributed by atoms with van der Waals surface area (Å²) in [7, 11) is 0. The molecular formula is C13H13N3O3. The zero-order valence-corrected chi connectivity index (χ0v) is 10.3. The quantitative estimate of drug-likeness (QED) is 0.769. The Morgan fingerprint density at radius 3 is 2.79 bits per heavy atom. The van der Waals surface area contributed by atoms with Crippen molar-refractivity contribution in [1.29, 1.82) is 0 Å². The first-order valence-electron chi connectivity index (χ1n) is 5.75. The maximum atomic E-state index is 11.4. The molecule has 0 aliphatic carbocycles. The molecule has 1 aromatic carbocycles. The van der Waals surface area contributed by atoms with Gasteiger partial charge < -0.3 is 10.8 Å². The number of aromatic amines is 1. The van der Waals surface area contributed by atoms with Crippen molar-refractivity contribution in [3.05, 3.63) is 45.7 Å². The zero-order chi connectivity index (χ0) is 14.0. The minimum Gasteiger partial charge on any atom is -0.478 e. The molecule has 6 nitrogen and oxygen atoms in total. The van der Waals surface area contributed by atoms with Crippen molar-refractivity contribution in [2.45, 2.75) is 13.3 Å². The molecular weight excluding hydrogens is 246 g/mol. The van der Waals surface area contributed by atoms with E-state index in [4.69, 9.17) is 5.73 Å². The van der Waals surface area contributed by atoms with E-state index in [9.17, 15) is 14.7 Å². The first-order chi connectivity index (χ1) is 9.02. The van der Waals surface area contributed by atoms with Crippen LogP contribution in [0.2, 0.25) is 0 Å². The molecule has 19 heavy (non-hydrogen) atoms. The van der Waals surface area contributed by atoms with Crippen LogP contribution < -0.4 is 11.3 Å². The number of rotatable bonds is 3. The lowest BCUT2D eigenvalue weighted by Crippen LogP contribution is -2.12. The highest BCUT2D eigenvalue weighted by Gasteiger charge is 2.16. The number of H-pyrrole nitrogens is 1. The third-order valence-corrected chi connectivity index (χ3v) is 2.78. The predicted octanol–water partition coefficient (Wildman–Crippen LogP) is 1.28. The van der Waals surface area contributed by atoms with Gasteiger partial charge in [0.15, 0.2) is 0 Å². The van der Waals surface area contributed by atoms with Crippen LogP contribution in [0.3, 0.4) is 0 Å². The number of carboxylic acid groups (broad SMARTS) is 1. The summed E-state index contributed by atoms with van der Waals surface area (Å²) in [5, 5.41) is 9.24. The van der Waals surface area contributed by atoms with Crippen molar-refractivity contribution in [3.8, 4) is 11.3 Å². The number of aryl methyl sites for hydroxylation is 1. The van der Waals surface area contributed by atoms with Crippen LogP contribution in [0.15, 0.2) is 29.1 Å². The first kappa shape index (κ1) is 12.8. The van der Waals surface area contributed by atoms with Gasteiger partial charge in [-0.15, -0.1) is 0 Å². The van der Waals surface area contributed by atoms with Gasteiger partial charge in [-0.05, 0) is 18.1 Å². The fourth-order valence-corrected chi connectivity index (χ4v) is 1.98. The molecule has 2 aromatic rings. The standard InChI is InChI=1S/C13H13N3O3/c1-2-7-4-3-5-8(12(18)19)11(7)9-6-10(17)16-13(14)15-9/h3-6H,2H2,1H3,(H,18,19)(H3,14,15,16,17). The topological polar surface area (TPSA) is 109 Å². The van der Waals surface area contributed by atoms with Gasteiger partial charge in [-0.2, -0.15) is 0 Å². The largest absolute Gasteiger partial charge is 0.478 e. The highest BCUT2D eigenvalue weighted by atomic mass is 16.4. The second-order valence-corrected chi connectivity index (χ2v) is 4.01. The fourth-order valence-electron chi connectivity index (χ4n) is 1.98. The summed E-state index contributed by atoms with van der Waals surface area (Å²) >= 11 is 0. The normalized spacial score (nSPS) is 10.4. The van der Waals surface area contributed by atoms with Gasteiger partial charge in [0.1, 0.15) is 0 Å². The maximum Gasteiger partial charge on any atom is 0.336 e. The predicted molar refractivity (Wildman–Crippen MR) is 71.0 cm³/mol. The van der Waals surface area contributed by atoms with Crippen LogP contribution in [0.1, 0.15) is 22.8 Å². The molecule has 0 unspecified atom stereocenters. The number of anilines is 1. The van der Waals surface area contributed by atoms with Crippen LogP contribution in [-0.4, -0.2) is 21.0 Å². The van der Waals surface area contributed by atoms with Crippen molar-refractivity contribution < 1.29 is 9.90 Å². The maximum absolute atomic E-state index is 11.4. The second kappa shape index (κ2) is 4.93. The van der Waals surface area contributed by atoms with Crippen molar-refractivity contribution >= 4 is 11.9 Å². The number of benzene rings is 1. The molecule has 0 radical (unpaired) electrons. The van der Waals surface area contributed by atoms with E-state index in [0.29, 0.717) is 12.0 Å². The Morgan fingerprint density at radius 1 is 1.47 bits per heavy atom. The highest BCUT2D eigenvalue weighted by molar-refractivity contribution is 5.96. The second-order valence-electron chi connectivity index (χ2n) is 4.01. The fraction of sp³-hybridized carbons (Fsp3) is 0.154. The van der Waals surface area contributed by atoms with Crippen LogP contribution in [0.4, 0.5) is 5.95 Å². The van der Waals surface area contributed by atoms with Gasteiger partial charge in [0.25, 0.3) is 5.56 Å². The SMILES string of the molecule is CCc1cccc(C(=O)O)c1-c1cc(=O)[nH]c(N)n1. The van der Waals surface area contributed by atoms with Crippen molar-refractivity contribution in [1.82, 2.24) is 9.97 Å². The molecule has 0 bridgehead atoms. The number of carbonyl (C=O) groups is 1. The highest BCUT2D eigenvalue weighted by Crippen LogP contribution is 2.26. The molecule has 0 aliphatic heterocycles. The number of hydrogen-bond acceptors (Lipinski definition) is 4. The third-order valence-electron chi connectivity index (χ3n) is 2.78. The van der Waals surface area contributed by atoms with Crippen molar-refractivity contribution in [2.75, 3.05) is 5.73 Å². The molecule has 98 valence electrons. The van der Waals surface area contributed by atoms with Crippen molar-refractivity contribution in [2.24, 2.45) is 0 Å². The number of nitrogen functional groups attached to an aromatic ring is 1. The molecule has 4 N–H and O–H groups in total. The summed E-state index contributed by atoms with van der Waals surface area (Å²) in [6.45, 7) is 1.90. The average molecular weight is 259 g/mol. The van der Waals surface area contributed by atoms with Gasteiger partial charge in [0.2, 0.25) is 5.95 Å². The summed E-state index contributed by atoms with van der Waals surface area (Å²) in [5.74, 6) is -1.10. The molecule has 0 fully saturated rings. The summed E-state index contributed by atoms with van der Waals surface area (Å²) in [5.41, 5.74) is 6.71.